The maximum atomic E-state index is 12.1. The van der Waals surface area contributed by atoms with Gasteiger partial charge in [0.2, 0.25) is 0 Å². The summed E-state index contributed by atoms with van der Waals surface area (Å²) in [5.41, 5.74) is 2.60. The Morgan fingerprint density at radius 2 is 1.79 bits per heavy atom. The topological polar surface area (TPSA) is 29.1 Å². The van der Waals surface area contributed by atoms with E-state index in [1.54, 1.807) is 0 Å². The molecule has 0 spiro atoms. The molecule has 3 unspecified atom stereocenters. The summed E-state index contributed by atoms with van der Waals surface area (Å²) in [6.07, 6.45) is 2.15. The van der Waals surface area contributed by atoms with Crippen molar-refractivity contribution in [1.29, 1.82) is 0 Å². The van der Waals surface area contributed by atoms with E-state index in [2.05, 4.69) is 50.4 Å². The minimum atomic E-state index is -0.775. The summed E-state index contributed by atoms with van der Waals surface area (Å²) in [6, 6.07) is 8.90. The fourth-order valence-electron chi connectivity index (χ4n) is 2.23. The van der Waals surface area contributed by atoms with E-state index < -0.39 is 10.8 Å². The van der Waals surface area contributed by atoms with Crippen LogP contribution in [0.4, 0.5) is 0 Å². The van der Waals surface area contributed by atoms with Gasteiger partial charge in [0.25, 0.3) is 0 Å². The molecule has 1 aromatic rings. The van der Waals surface area contributed by atoms with Crippen LogP contribution in [0.5, 0.6) is 0 Å². The summed E-state index contributed by atoms with van der Waals surface area (Å²) in [4.78, 5) is 0. The fraction of sp³-hybridized carbons (Fsp3) is 0.625. The summed E-state index contributed by atoms with van der Waals surface area (Å²) in [5.74, 6) is 0.721. The third-order valence-electron chi connectivity index (χ3n) is 3.53. The number of rotatable bonds is 8. The van der Waals surface area contributed by atoms with E-state index in [4.69, 9.17) is 0 Å². The molecule has 1 N–H and O–H groups in total. The number of benzene rings is 1. The van der Waals surface area contributed by atoms with Gasteiger partial charge in [-0.15, -0.1) is 0 Å². The minimum absolute atomic E-state index is 0.143. The Morgan fingerprint density at radius 3 is 2.26 bits per heavy atom. The van der Waals surface area contributed by atoms with E-state index in [9.17, 15) is 4.21 Å². The quantitative estimate of drug-likeness (QED) is 0.791. The van der Waals surface area contributed by atoms with Gasteiger partial charge in [-0.25, -0.2) is 0 Å². The lowest BCUT2D eigenvalue weighted by Gasteiger charge is -2.25. The average Bonchev–Trinajstić information content (AvgIpc) is 2.47. The molecule has 1 aromatic carbocycles. The van der Waals surface area contributed by atoms with Gasteiger partial charge in [0.15, 0.2) is 0 Å². The minimum Gasteiger partial charge on any atom is -0.309 e. The zero-order chi connectivity index (χ0) is 14.3. The van der Waals surface area contributed by atoms with Gasteiger partial charge in [-0.05, 0) is 37.4 Å². The molecule has 2 nitrogen and oxygen atoms in total. The van der Waals surface area contributed by atoms with E-state index in [-0.39, 0.29) is 11.3 Å². The molecule has 108 valence electrons. The van der Waals surface area contributed by atoms with Crippen molar-refractivity contribution in [3.05, 3.63) is 35.4 Å². The first-order valence-electron chi connectivity index (χ1n) is 7.33. The predicted octanol–water partition coefficient (Wildman–Crippen LogP) is 3.45. The summed E-state index contributed by atoms with van der Waals surface area (Å²) in [7, 11) is -0.775. The van der Waals surface area contributed by atoms with Crippen LogP contribution < -0.4 is 5.32 Å². The highest BCUT2D eigenvalue weighted by atomic mass is 32.2. The molecule has 0 aliphatic carbocycles. The van der Waals surface area contributed by atoms with Crippen molar-refractivity contribution in [3.63, 3.8) is 0 Å². The smallest absolute Gasteiger partial charge is 0.0514 e. The van der Waals surface area contributed by atoms with Crippen molar-refractivity contribution in [1.82, 2.24) is 5.32 Å². The molecule has 3 heteroatoms. The van der Waals surface area contributed by atoms with Crippen LogP contribution in [0.1, 0.15) is 51.3 Å². The highest BCUT2D eigenvalue weighted by Crippen LogP contribution is 2.21. The Balaban J connectivity index is 2.90. The summed E-state index contributed by atoms with van der Waals surface area (Å²) < 4.78 is 12.1. The molecule has 19 heavy (non-hydrogen) atoms. The van der Waals surface area contributed by atoms with Crippen LogP contribution >= 0.6 is 0 Å². The van der Waals surface area contributed by atoms with Crippen LogP contribution in [0.2, 0.25) is 0 Å². The zero-order valence-corrected chi connectivity index (χ0v) is 13.4. The van der Waals surface area contributed by atoms with Crippen LogP contribution in [0, 0.1) is 0 Å². The van der Waals surface area contributed by atoms with Gasteiger partial charge in [-0.2, -0.15) is 0 Å². The molecule has 0 aliphatic rings. The molecule has 1 rings (SSSR count). The number of hydrogen-bond acceptors (Lipinski definition) is 2. The third kappa shape index (κ3) is 4.73. The summed E-state index contributed by atoms with van der Waals surface area (Å²) >= 11 is 0. The van der Waals surface area contributed by atoms with Crippen molar-refractivity contribution < 1.29 is 4.21 Å². The van der Waals surface area contributed by atoms with Crippen LogP contribution in [0.3, 0.4) is 0 Å². The first-order valence-corrected chi connectivity index (χ1v) is 8.71. The Kier molecular flexibility index (Phi) is 7.32. The first kappa shape index (κ1) is 16.4. The Labute approximate surface area is 120 Å². The molecule has 0 saturated heterocycles. The SMILES string of the molecule is CCCNC(c1ccc(CC)cc1)C(C)S(=O)CC. The average molecular weight is 281 g/mol. The number of hydrogen-bond donors (Lipinski definition) is 1. The van der Waals surface area contributed by atoms with Crippen molar-refractivity contribution in [2.75, 3.05) is 12.3 Å². The molecule has 0 fully saturated rings. The summed E-state index contributed by atoms with van der Waals surface area (Å²) in [6.45, 7) is 9.36. The normalized spacial score (nSPS) is 16.0. The lowest BCUT2D eigenvalue weighted by Crippen LogP contribution is -2.34. The standard InChI is InChI=1S/C16H27NOS/c1-5-12-17-16(13(4)19(18)7-3)15-10-8-14(6-2)9-11-15/h8-11,13,16-17H,5-7,12H2,1-4H3. The molecule has 3 atom stereocenters. The molecule has 0 aromatic heterocycles. The monoisotopic (exact) mass is 281 g/mol. The second-order valence-electron chi connectivity index (χ2n) is 4.90. The van der Waals surface area contributed by atoms with Gasteiger partial charge in [0.1, 0.15) is 0 Å². The van der Waals surface area contributed by atoms with Gasteiger partial charge < -0.3 is 5.32 Å². The van der Waals surface area contributed by atoms with Gasteiger partial charge in [-0.3, -0.25) is 4.21 Å². The predicted molar refractivity (Wildman–Crippen MR) is 85.0 cm³/mol. The number of aryl methyl sites for hydroxylation is 1. The van der Waals surface area contributed by atoms with E-state index >= 15 is 0 Å². The van der Waals surface area contributed by atoms with Gasteiger partial charge in [-0.1, -0.05) is 45.0 Å². The first-order chi connectivity index (χ1) is 9.13. The van der Waals surface area contributed by atoms with Gasteiger partial charge >= 0.3 is 0 Å². The Hall–Kier alpha value is -0.670. The zero-order valence-electron chi connectivity index (χ0n) is 12.6. The van der Waals surface area contributed by atoms with Crippen molar-refractivity contribution in [2.45, 2.75) is 51.8 Å². The van der Waals surface area contributed by atoms with Gasteiger partial charge in [0.05, 0.1) is 5.25 Å². The Morgan fingerprint density at radius 1 is 1.16 bits per heavy atom. The molecule has 0 saturated carbocycles. The summed E-state index contributed by atoms with van der Waals surface area (Å²) in [5, 5.41) is 3.69. The van der Waals surface area contributed by atoms with Crippen LogP contribution in [-0.2, 0) is 17.2 Å². The highest BCUT2D eigenvalue weighted by Gasteiger charge is 2.22. The van der Waals surface area contributed by atoms with E-state index in [1.165, 1.54) is 11.1 Å². The Bertz CT molecular complexity index is 388. The molecule has 0 aliphatic heterocycles. The van der Waals surface area contributed by atoms with Crippen LogP contribution in [-0.4, -0.2) is 21.8 Å². The number of nitrogens with one attached hydrogen (secondary N) is 1. The molecular formula is C16H27NOS. The highest BCUT2D eigenvalue weighted by molar-refractivity contribution is 7.85. The van der Waals surface area contributed by atoms with Crippen molar-refractivity contribution in [3.8, 4) is 0 Å². The lowest BCUT2D eigenvalue weighted by molar-refractivity contribution is 0.518. The van der Waals surface area contributed by atoms with Gasteiger partial charge in [0, 0.05) is 22.6 Å². The molecular weight excluding hydrogens is 254 g/mol. The lowest BCUT2D eigenvalue weighted by atomic mass is 10.0. The van der Waals surface area contributed by atoms with Crippen LogP contribution in [0.15, 0.2) is 24.3 Å². The molecule has 0 heterocycles. The second kappa shape index (κ2) is 8.49. The maximum Gasteiger partial charge on any atom is 0.0514 e. The van der Waals surface area contributed by atoms with E-state index in [1.807, 2.05) is 6.92 Å². The molecule has 0 amide bonds. The third-order valence-corrected chi connectivity index (χ3v) is 5.20. The molecule has 0 radical (unpaired) electrons. The largest absolute Gasteiger partial charge is 0.309 e. The maximum absolute atomic E-state index is 12.1. The fourth-order valence-corrected chi connectivity index (χ4v) is 3.31. The molecule has 0 bridgehead atoms. The second-order valence-corrected chi connectivity index (χ2v) is 6.98. The van der Waals surface area contributed by atoms with E-state index in [0.29, 0.717) is 0 Å². The van der Waals surface area contributed by atoms with E-state index in [0.717, 1.165) is 25.1 Å². The van der Waals surface area contributed by atoms with Crippen molar-refractivity contribution >= 4 is 10.8 Å². The van der Waals surface area contributed by atoms with Crippen molar-refractivity contribution in [2.24, 2.45) is 0 Å². The van der Waals surface area contributed by atoms with Crippen LogP contribution in [0.25, 0.3) is 0 Å².